The highest BCUT2D eigenvalue weighted by molar-refractivity contribution is 9.10. The van der Waals surface area contributed by atoms with Crippen LogP contribution in [0, 0.1) is 6.92 Å². The van der Waals surface area contributed by atoms with Gasteiger partial charge >= 0.3 is 0 Å². The van der Waals surface area contributed by atoms with Gasteiger partial charge in [-0.25, -0.2) is 9.97 Å². The Morgan fingerprint density at radius 3 is 2.40 bits per heavy atom. The molecule has 0 fully saturated rings. The van der Waals surface area contributed by atoms with Gasteiger partial charge in [-0.3, -0.25) is 0 Å². The van der Waals surface area contributed by atoms with Gasteiger partial charge in [-0.05, 0) is 41.1 Å². The van der Waals surface area contributed by atoms with Gasteiger partial charge in [-0.1, -0.05) is 23.7 Å². The molecule has 0 amide bonds. The number of aromatic nitrogens is 2. The first-order valence-corrected chi connectivity index (χ1v) is 5.59. The van der Waals surface area contributed by atoms with Crippen molar-refractivity contribution in [2.45, 2.75) is 6.92 Å². The summed E-state index contributed by atoms with van der Waals surface area (Å²) in [5.74, 6) is 0.745. The van der Waals surface area contributed by atoms with Crippen LogP contribution in [0.1, 0.15) is 5.82 Å². The van der Waals surface area contributed by atoms with Gasteiger partial charge < -0.3 is 0 Å². The second-order valence-electron chi connectivity index (χ2n) is 3.13. The molecule has 0 N–H and O–H groups in total. The first-order valence-electron chi connectivity index (χ1n) is 4.42. The fourth-order valence-corrected chi connectivity index (χ4v) is 1.90. The van der Waals surface area contributed by atoms with Gasteiger partial charge in [0, 0.05) is 10.6 Å². The highest BCUT2D eigenvalue weighted by Crippen LogP contribution is 2.21. The molecule has 0 aliphatic rings. The summed E-state index contributed by atoms with van der Waals surface area (Å²) < 4.78 is 0.792. The van der Waals surface area contributed by atoms with Crippen molar-refractivity contribution in [3.05, 3.63) is 45.8 Å². The van der Waals surface area contributed by atoms with E-state index in [0.717, 1.165) is 26.7 Å². The zero-order chi connectivity index (χ0) is 10.8. The van der Waals surface area contributed by atoms with Crippen LogP contribution >= 0.6 is 27.5 Å². The molecule has 1 aromatic carbocycles. The van der Waals surface area contributed by atoms with Crippen molar-refractivity contribution >= 4 is 27.5 Å². The summed E-state index contributed by atoms with van der Waals surface area (Å²) in [4.78, 5) is 8.51. The molecule has 4 heteroatoms. The van der Waals surface area contributed by atoms with Crippen LogP contribution in [0.5, 0.6) is 0 Å². The van der Waals surface area contributed by atoms with Crippen molar-refractivity contribution in [2.75, 3.05) is 0 Å². The van der Waals surface area contributed by atoms with Crippen LogP contribution in [-0.2, 0) is 0 Å². The van der Waals surface area contributed by atoms with Crippen LogP contribution in [0.3, 0.4) is 0 Å². The first-order chi connectivity index (χ1) is 7.15. The minimum absolute atomic E-state index is 0.726. The van der Waals surface area contributed by atoms with Crippen molar-refractivity contribution in [3.63, 3.8) is 0 Å². The van der Waals surface area contributed by atoms with E-state index < -0.39 is 0 Å². The SMILES string of the molecule is Cc1nc(Br)cc(-c2ccc(Cl)cc2)n1. The van der Waals surface area contributed by atoms with Gasteiger partial charge in [-0.15, -0.1) is 0 Å². The van der Waals surface area contributed by atoms with Crippen LogP contribution in [0.2, 0.25) is 5.02 Å². The van der Waals surface area contributed by atoms with E-state index in [2.05, 4.69) is 25.9 Å². The molecule has 0 bridgehead atoms. The van der Waals surface area contributed by atoms with Crippen molar-refractivity contribution in [1.29, 1.82) is 0 Å². The van der Waals surface area contributed by atoms with Gasteiger partial charge in [0.25, 0.3) is 0 Å². The van der Waals surface area contributed by atoms with E-state index in [1.807, 2.05) is 37.3 Å². The fraction of sp³-hybridized carbons (Fsp3) is 0.0909. The van der Waals surface area contributed by atoms with Crippen molar-refractivity contribution in [2.24, 2.45) is 0 Å². The monoisotopic (exact) mass is 282 g/mol. The number of hydrogen-bond acceptors (Lipinski definition) is 2. The largest absolute Gasteiger partial charge is 0.233 e. The van der Waals surface area contributed by atoms with Gasteiger partial charge in [-0.2, -0.15) is 0 Å². The van der Waals surface area contributed by atoms with E-state index in [1.54, 1.807) is 0 Å². The summed E-state index contributed by atoms with van der Waals surface area (Å²) in [6.45, 7) is 1.87. The molecule has 0 unspecified atom stereocenters. The molecule has 1 heterocycles. The third kappa shape index (κ3) is 2.55. The summed E-state index contributed by atoms with van der Waals surface area (Å²) in [7, 11) is 0. The normalized spacial score (nSPS) is 10.3. The molecule has 76 valence electrons. The molecule has 0 atom stereocenters. The summed E-state index contributed by atoms with van der Waals surface area (Å²) in [6, 6.07) is 9.47. The lowest BCUT2D eigenvalue weighted by atomic mass is 10.1. The van der Waals surface area contributed by atoms with E-state index in [1.165, 1.54) is 0 Å². The van der Waals surface area contributed by atoms with Crippen LogP contribution in [-0.4, -0.2) is 9.97 Å². The minimum Gasteiger partial charge on any atom is -0.233 e. The average Bonchev–Trinajstić information content (AvgIpc) is 2.17. The van der Waals surface area contributed by atoms with E-state index >= 15 is 0 Å². The summed E-state index contributed by atoms with van der Waals surface area (Å²) in [5, 5.41) is 0.726. The van der Waals surface area contributed by atoms with Gasteiger partial charge in [0.2, 0.25) is 0 Å². The van der Waals surface area contributed by atoms with E-state index in [9.17, 15) is 0 Å². The maximum atomic E-state index is 5.82. The van der Waals surface area contributed by atoms with E-state index in [0.29, 0.717) is 0 Å². The maximum Gasteiger partial charge on any atom is 0.127 e. The van der Waals surface area contributed by atoms with E-state index in [-0.39, 0.29) is 0 Å². The molecule has 2 nitrogen and oxygen atoms in total. The molecule has 0 aliphatic heterocycles. The Kier molecular flexibility index (Phi) is 3.03. The number of hydrogen-bond donors (Lipinski definition) is 0. The Morgan fingerprint density at radius 1 is 1.13 bits per heavy atom. The smallest absolute Gasteiger partial charge is 0.127 e. The topological polar surface area (TPSA) is 25.8 Å². The molecule has 0 spiro atoms. The minimum atomic E-state index is 0.726. The third-order valence-corrected chi connectivity index (χ3v) is 2.60. The lowest BCUT2D eigenvalue weighted by Crippen LogP contribution is -1.91. The van der Waals surface area contributed by atoms with Gasteiger partial charge in [0.05, 0.1) is 5.69 Å². The molecule has 1 aromatic heterocycles. The average molecular weight is 284 g/mol. The number of halogens is 2. The summed E-state index contributed by atoms with van der Waals surface area (Å²) in [6.07, 6.45) is 0. The Hall–Kier alpha value is -0.930. The zero-order valence-electron chi connectivity index (χ0n) is 8.04. The highest BCUT2D eigenvalue weighted by Gasteiger charge is 2.02. The maximum absolute atomic E-state index is 5.82. The number of rotatable bonds is 1. The Bertz CT molecular complexity index is 462. The Morgan fingerprint density at radius 2 is 1.80 bits per heavy atom. The molecule has 0 aliphatic carbocycles. The first kappa shape index (κ1) is 10.6. The third-order valence-electron chi connectivity index (χ3n) is 1.95. The molecule has 0 radical (unpaired) electrons. The van der Waals surface area contributed by atoms with Gasteiger partial charge in [0.1, 0.15) is 10.4 Å². The van der Waals surface area contributed by atoms with Crippen molar-refractivity contribution in [3.8, 4) is 11.3 Å². The summed E-state index contributed by atoms with van der Waals surface area (Å²) >= 11 is 9.17. The number of nitrogens with zero attached hydrogens (tertiary/aromatic N) is 2. The molecular weight excluding hydrogens is 275 g/mol. The summed E-state index contributed by atoms with van der Waals surface area (Å²) in [5.41, 5.74) is 1.93. The predicted octanol–water partition coefficient (Wildman–Crippen LogP) is 3.87. The quantitative estimate of drug-likeness (QED) is 0.743. The van der Waals surface area contributed by atoms with Crippen molar-refractivity contribution < 1.29 is 0 Å². The van der Waals surface area contributed by atoms with Crippen LogP contribution in [0.25, 0.3) is 11.3 Å². The number of benzene rings is 1. The molecule has 0 saturated heterocycles. The molecular formula is C11H8BrClN2. The van der Waals surface area contributed by atoms with Crippen LogP contribution < -0.4 is 0 Å². The standard InChI is InChI=1S/C11H8BrClN2/c1-7-14-10(6-11(12)15-7)8-2-4-9(13)5-3-8/h2-6H,1H3. The Labute approximate surface area is 101 Å². The van der Waals surface area contributed by atoms with E-state index in [4.69, 9.17) is 11.6 Å². The second kappa shape index (κ2) is 4.29. The fourth-order valence-electron chi connectivity index (χ4n) is 1.30. The zero-order valence-corrected chi connectivity index (χ0v) is 10.4. The van der Waals surface area contributed by atoms with Crippen LogP contribution in [0.4, 0.5) is 0 Å². The predicted molar refractivity (Wildman–Crippen MR) is 64.9 cm³/mol. The Balaban J connectivity index is 2.49. The lowest BCUT2D eigenvalue weighted by molar-refractivity contribution is 1.04. The second-order valence-corrected chi connectivity index (χ2v) is 4.38. The van der Waals surface area contributed by atoms with Crippen molar-refractivity contribution in [1.82, 2.24) is 9.97 Å². The lowest BCUT2D eigenvalue weighted by Gasteiger charge is -2.02. The number of aryl methyl sites for hydroxylation is 1. The molecule has 15 heavy (non-hydrogen) atoms. The van der Waals surface area contributed by atoms with Gasteiger partial charge in [0.15, 0.2) is 0 Å². The molecule has 2 rings (SSSR count). The highest BCUT2D eigenvalue weighted by atomic mass is 79.9. The van der Waals surface area contributed by atoms with Crippen LogP contribution in [0.15, 0.2) is 34.9 Å². The molecule has 0 saturated carbocycles. The molecule has 2 aromatic rings.